The van der Waals surface area contributed by atoms with Crippen LogP contribution in [0.2, 0.25) is 5.15 Å². The number of halogens is 1. The summed E-state index contributed by atoms with van der Waals surface area (Å²) in [7, 11) is 0. The maximum atomic E-state index is 10.8. The van der Waals surface area contributed by atoms with Gasteiger partial charge in [0.25, 0.3) is 0 Å². The lowest BCUT2D eigenvalue weighted by Crippen LogP contribution is -2.11. The molecule has 1 atom stereocenters. The monoisotopic (exact) mass is 249 g/mol. The van der Waals surface area contributed by atoms with E-state index in [2.05, 4.69) is 4.98 Å². The first-order valence-corrected chi connectivity index (χ1v) is 5.48. The van der Waals surface area contributed by atoms with Crippen molar-refractivity contribution in [1.82, 2.24) is 4.98 Å². The maximum Gasteiger partial charge on any atom is 0.238 e. The van der Waals surface area contributed by atoms with Gasteiger partial charge >= 0.3 is 0 Å². The minimum Gasteiger partial charge on any atom is -0.451 e. The second kappa shape index (κ2) is 3.60. The Hall–Kier alpha value is -1.81. The molecule has 1 aromatic heterocycles. The first-order chi connectivity index (χ1) is 8.17. The zero-order chi connectivity index (χ0) is 12.0. The molecule has 0 saturated heterocycles. The molecule has 0 spiro atoms. The first-order valence-electron chi connectivity index (χ1n) is 5.10. The number of carbonyl (C=O) groups is 1. The maximum absolute atomic E-state index is 10.8. The average molecular weight is 250 g/mol. The molecule has 86 valence electrons. The van der Waals surface area contributed by atoms with Crippen LogP contribution in [0.4, 0.5) is 0 Å². The predicted molar refractivity (Wildman–Crippen MR) is 62.9 cm³/mol. The van der Waals surface area contributed by atoms with Crippen LogP contribution in [0.1, 0.15) is 17.3 Å². The fourth-order valence-electron chi connectivity index (χ4n) is 1.82. The lowest BCUT2D eigenvalue weighted by atomic mass is 10.1. The Labute approximate surface area is 102 Å². The highest BCUT2D eigenvalue weighted by atomic mass is 35.5. The summed E-state index contributed by atoms with van der Waals surface area (Å²) >= 11 is 5.87. The molecule has 3 rings (SSSR count). The lowest BCUT2D eigenvalue weighted by molar-refractivity contribution is 0.0679. The molecule has 0 bridgehead atoms. The number of fused-ring (bicyclic) bond motifs is 2. The van der Waals surface area contributed by atoms with Gasteiger partial charge in [-0.3, -0.25) is 4.79 Å². The van der Waals surface area contributed by atoms with Crippen LogP contribution in [0, 0.1) is 0 Å². The average Bonchev–Trinajstić information content (AvgIpc) is 2.64. The van der Waals surface area contributed by atoms with Gasteiger partial charge in [-0.05, 0) is 12.1 Å². The van der Waals surface area contributed by atoms with Crippen molar-refractivity contribution in [3.8, 4) is 11.5 Å². The lowest BCUT2D eigenvalue weighted by Gasteiger charge is -2.02. The highest BCUT2D eigenvalue weighted by molar-refractivity contribution is 6.32. The van der Waals surface area contributed by atoms with E-state index >= 15 is 0 Å². The summed E-state index contributed by atoms with van der Waals surface area (Å²) in [6.45, 7) is 1.81. The van der Waals surface area contributed by atoms with E-state index in [1.54, 1.807) is 18.2 Å². The Bertz CT molecular complexity index is 627. The predicted octanol–water partition coefficient (Wildman–Crippen LogP) is 2.82. The summed E-state index contributed by atoms with van der Waals surface area (Å²) in [5.41, 5.74) is 1.04. The molecule has 2 heterocycles. The van der Waals surface area contributed by atoms with E-state index in [-0.39, 0.29) is 11.4 Å². The number of aromatic nitrogens is 1. The van der Waals surface area contributed by atoms with E-state index < -0.39 is 0 Å². The molecule has 5 heteroatoms. The van der Waals surface area contributed by atoms with E-state index in [0.29, 0.717) is 28.9 Å². The summed E-state index contributed by atoms with van der Waals surface area (Å²) < 4.78 is 10.9. The fourth-order valence-corrected chi connectivity index (χ4v) is 2.01. The minimum atomic E-state index is -0.303. The van der Waals surface area contributed by atoms with Crippen LogP contribution in [0.15, 0.2) is 18.2 Å². The second-order valence-electron chi connectivity index (χ2n) is 3.78. The summed E-state index contributed by atoms with van der Waals surface area (Å²) in [5.74, 6) is 1.30. The molecule has 4 nitrogen and oxygen atoms in total. The van der Waals surface area contributed by atoms with Crippen LogP contribution in [0.3, 0.4) is 0 Å². The molecular weight excluding hydrogens is 242 g/mol. The van der Waals surface area contributed by atoms with Crippen LogP contribution >= 0.6 is 11.6 Å². The van der Waals surface area contributed by atoms with Gasteiger partial charge in [-0.2, -0.15) is 0 Å². The van der Waals surface area contributed by atoms with Crippen LogP contribution in [-0.4, -0.2) is 17.6 Å². The third kappa shape index (κ3) is 1.61. The van der Waals surface area contributed by atoms with Crippen LogP contribution in [-0.2, 0) is 0 Å². The standard InChI is InChI=1S/C12H8ClNO3/c1-6-16-10-3-7-2-8(5-15)12(13)14-9(7)4-11(10)17-6/h2-6H,1H3. The quantitative estimate of drug-likeness (QED) is 0.576. The Kier molecular flexibility index (Phi) is 2.19. The topological polar surface area (TPSA) is 48.4 Å². The molecule has 0 amide bonds. The molecule has 1 aliphatic heterocycles. The van der Waals surface area contributed by atoms with E-state index in [0.717, 1.165) is 5.39 Å². The highest BCUT2D eigenvalue weighted by Gasteiger charge is 2.21. The van der Waals surface area contributed by atoms with Gasteiger partial charge in [0, 0.05) is 18.4 Å². The smallest absolute Gasteiger partial charge is 0.238 e. The van der Waals surface area contributed by atoms with Crippen molar-refractivity contribution in [3.63, 3.8) is 0 Å². The molecular formula is C12H8ClNO3. The molecule has 0 radical (unpaired) electrons. The molecule has 17 heavy (non-hydrogen) atoms. The van der Waals surface area contributed by atoms with Gasteiger partial charge in [0.2, 0.25) is 6.29 Å². The molecule has 0 aliphatic carbocycles. The Morgan fingerprint density at radius 3 is 2.71 bits per heavy atom. The number of ether oxygens (including phenoxy) is 2. The normalized spacial score (nSPS) is 17.4. The Morgan fingerprint density at radius 1 is 1.29 bits per heavy atom. The van der Waals surface area contributed by atoms with Crippen molar-refractivity contribution in [3.05, 3.63) is 28.9 Å². The van der Waals surface area contributed by atoms with Crippen LogP contribution in [0.25, 0.3) is 10.9 Å². The van der Waals surface area contributed by atoms with Crippen LogP contribution in [0.5, 0.6) is 11.5 Å². The summed E-state index contributed by atoms with van der Waals surface area (Å²) in [6, 6.07) is 5.24. The van der Waals surface area contributed by atoms with Gasteiger partial charge < -0.3 is 9.47 Å². The number of aldehydes is 1. The third-order valence-corrected chi connectivity index (χ3v) is 2.88. The minimum absolute atomic E-state index is 0.194. The molecule has 1 unspecified atom stereocenters. The van der Waals surface area contributed by atoms with E-state index in [1.165, 1.54) is 0 Å². The molecule has 0 N–H and O–H groups in total. The Balaban J connectivity index is 2.25. The number of hydrogen-bond acceptors (Lipinski definition) is 4. The van der Waals surface area contributed by atoms with E-state index in [4.69, 9.17) is 21.1 Å². The van der Waals surface area contributed by atoms with Gasteiger partial charge in [-0.25, -0.2) is 4.98 Å². The number of benzene rings is 1. The van der Waals surface area contributed by atoms with Gasteiger partial charge in [0.15, 0.2) is 17.8 Å². The zero-order valence-electron chi connectivity index (χ0n) is 8.94. The Morgan fingerprint density at radius 2 is 2.00 bits per heavy atom. The molecule has 1 aliphatic rings. The van der Waals surface area contributed by atoms with Crippen molar-refractivity contribution in [2.24, 2.45) is 0 Å². The van der Waals surface area contributed by atoms with Gasteiger partial charge in [0.05, 0.1) is 11.1 Å². The summed E-state index contributed by atoms with van der Waals surface area (Å²) in [5, 5.41) is 0.993. The largest absolute Gasteiger partial charge is 0.451 e. The SMILES string of the molecule is CC1Oc2cc3cc(C=O)c(Cl)nc3cc2O1. The van der Waals surface area contributed by atoms with Crippen molar-refractivity contribution in [2.75, 3.05) is 0 Å². The number of carbonyl (C=O) groups excluding carboxylic acids is 1. The third-order valence-electron chi connectivity index (χ3n) is 2.57. The molecule has 0 fully saturated rings. The van der Waals surface area contributed by atoms with Gasteiger partial charge in [-0.15, -0.1) is 0 Å². The second-order valence-corrected chi connectivity index (χ2v) is 4.14. The highest BCUT2D eigenvalue weighted by Crippen LogP contribution is 2.38. The molecule has 0 saturated carbocycles. The number of rotatable bonds is 1. The number of pyridine rings is 1. The molecule has 2 aromatic rings. The van der Waals surface area contributed by atoms with Gasteiger partial charge in [0.1, 0.15) is 5.15 Å². The zero-order valence-corrected chi connectivity index (χ0v) is 9.69. The number of nitrogens with zero attached hydrogens (tertiary/aromatic N) is 1. The summed E-state index contributed by atoms with van der Waals surface area (Å²) in [6.07, 6.45) is 0.380. The van der Waals surface area contributed by atoms with Gasteiger partial charge in [-0.1, -0.05) is 11.6 Å². The summed E-state index contributed by atoms with van der Waals surface area (Å²) in [4.78, 5) is 14.9. The van der Waals surface area contributed by atoms with Crippen molar-refractivity contribution < 1.29 is 14.3 Å². The van der Waals surface area contributed by atoms with E-state index in [1.807, 2.05) is 6.92 Å². The van der Waals surface area contributed by atoms with Crippen LogP contribution < -0.4 is 9.47 Å². The fraction of sp³-hybridized carbons (Fsp3) is 0.167. The van der Waals surface area contributed by atoms with Crippen molar-refractivity contribution in [2.45, 2.75) is 13.2 Å². The van der Waals surface area contributed by atoms with E-state index in [9.17, 15) is 4.79 Å². The molecule has 1 aromatic carbocycles. The first kappa shape index (κ1) is 10.4. The number of hydrogen-bond donors (Lipinski definition) is 0. The van der Waals surface area contributed by atoms with Crippen molar-refractivity contribution >= 4 is 28.8 Å². The van der Waals surface area contributed by atoms with Crippen molar-refractivity contribution in [1.29, 1.82) is 0 Å².